The molecule has 0 saturated carbocycles. The predicted molar refractivity (Wildman–Crippen MR) is 117 cm³/mol. The van der Waals surface area contributed by atoms with Crippen molar-refractivity contribution < 1.29 is 13.2 Å². The van der Waals surface area contributed by atoms with E-state index in [4.69, 9.17) is 0 Å². The second-order valence-electron chi connectivity index (χ2n) is 8.37. The largest absolute Gasteiger partial charge is 0.339 e. The molecule has 3 heterocycles. The monoisotopic (exact) mass is 446 g/mol. The number of nitrogens with one attached hydrogen (secondary N) is 1. The average Bonchev–Trinajstić information content (AvgIpc) is 3.09. The molecule has 168 valence electrons. The van der Waals surface area contributed by atoms with Crippen molar-refractivity contribution in [3.05, 3.63) is 53.3 Å². The standard InChI is InChI=1S/C21H30N6O3S/c1-16-18(15-24(2)22-16)19-13-20(25(3)31(29,30)23-19)21(28)27-11-9-26(10-12-27)14-17-7-5-4-6-8-17/h4-8,15,19-20,23H,9-14H2,1-3H3/t19-,20+/m1/s1. The quantitative estimate of drug-likeness (QED) is 0.745. The van der Waals surface area contributed by atoms with Gasteiger partial charge in [0.05, 0.1) is 11.7 Å². The number of amides is 1. The minimum absolute atomic E-state index is 0.126. The number of hydrogen-bond donors (Lipinski definition) is 1. The maximum Gasteiger partial charge on any atom is 0.280 e. The number of carbonyl (C=O) groups excluding carboxylic acids is 1. The van der Waals surface area contributed by atoms with Gasteiger partial charge in [0.15, 0.2) is 0 Å². The van der Waals surface area contributed by atoms with Crippen molar-refractivity contribution in [3.8, 4) is 0 Å². The van der Waals surface area contributed by atoms with Crippen molar-refractivity contribution in [3.63, 3.8) is 0 Å². The van der Waals surface area contributed by atoms with E-state index in [1.807, 2.05) is 31.3 Å². The molecule has 2 fully saturated rings. The molecule has 4 rings (SSSR count). The Balaban J connectivity index is 1.44. The first-order chi connectivity index (χ1) is 14.7. The van der Waals surface area contributed by atoms with Crippen molar-refractivity contribution in [2.75, 3.05) is 33.2 Å². The van der Waals surface area contributed by atoms with Crippen LogP contribution in [-0.4, -0.2) is 77.5 Å². The molecule has 2 aliphatic rings. The molecule has 2 saturated heterocycles. The highest BCUT2D eigenvalue weighted by Gasteiger charge is 2.43. The molecule has 1 aromatic heterocycles. The number of carbonyl (C=O) groups is 1. The minimum Gasteiger partial charge on any atom is -0.339 e. The smallest absolute Gasteiger partial charge is 0.280 e. The van der Waals surface area contributed by atoms with Gasteiger partial charge in [0.25, 0.3) is 10.2 Å². The lowest BCUT2D eigenvalue weighted by molar-refractivity contribution is -0.137. The van der Waals surface area contributed by atoms with E-state index in [0.717, 1.165) is 30.9 Å². The topological polar surface area (TPSA) is 90.8 Å². The zero-order valence-corrected chi connectivity index (χ0v) is 19.0. The van der Waals surface area contributed by atoms with Gasteiger partial charge in [0, 0.05) is 58.6 Å². The highest BCUT2D eigenvalue weighted by Crippen LogP contribution is 2.30. The van der Waals surface area contributed by atoms with Gasteiger partial charge in [-0.2, -0.15) is 22.5 Å². The van der Waals surface area contributed by atoms with Gasteiger partial charge >= 0.3 is 0 Å². The molecule has 0 aliphatic carbocycles. The molecule has 2 aromatic rings. The summed E-state index contributed by atoms with van der Waals surface area (Å²) in [5.74, 6) is -0.126. The molecule has 2 aliphatic heterocycles. The SMILES string of the molecule is Cc1nn(C)cc1[C@H]1C[C@@H](C(=O)N2CCN(Cc3ccccc3)CC2)N(C)S(=O)(=O)N1. The molecule has 0 unspecified atom stereocenters. The second kappa shape index (κ2) is 8.70. The number of aryl methyl sites for hydroxylation is 2. The van der Waals surface area contributed by atoms with Crippen molar-refractivity contribution in [2.24, 2.45) is 7.05 Å². The number of nitrogens with zero attached hydrogens (tertiary/aromatic N) is 5. The number of aromatic nitrogens is 2. The highest BCUT2D eigenvalue weighted by atomic mass is 32.2. The molecule has 2 atom stereocenters. The third-order valence-electron chi connectivity index (χ3n) is 6.21. The average molecular weight is 447 g/mol. The van der Waals surface area contributed by atoms with E-state index in [2.05, 4.69) is 26.9 Å². The van der Waals surface area contributed by atoms with E-state index in [0.29, 0.717) is 19.5 Å². The zero-order valence-electron chi connectivity index (χ0n) is 18.2. The number of rotatable bonds is 4. The lowest BCUT2D eigenvalue weighted by Gasteiger charge is -2.41. The minimum atomic E-state index is -3.76. The Labute approximate surface area is 183 Å². The third kappa shape index (κ3) is 4.67. The molecular formula is C21H30N6O3S. The first-order valence-electron chi connectivity index (χ1n) is 10.5. The van der Waals surface area contributed by atoms with E-state index in [1.54, 1.807) is 16.6 Å². The number of piperazine rings is 1. The first-order valence-corrected chi connectivity index (χ1v) is 12.0. The van der Waals surface area contributed by atoms with Gasteiger partial charge in [-0.05, 0) is 18.9 Å². The lowest BCUT2D eigenvalue weighted by Crippen LogP contribution is -2.60. The van der Waals surface area contributed by atoms with Crippen molar-refractivity contribution in [1.82, 2.24) is 28.6 Å². The van der Waals surface area contributed by atoms with E-state index in [1.165, 1.54) is 16.9 Å². The van der Waals surface area contributed by atoms with Crippen LogP contribution in [0.4, 0.5) is 0 Å². The zero-order chi connectivity index (χ0) is 22.2. The molecular weight excluding hydrogens is 416 g/mol. The first kappa shape index (κ1) is 21.9. The van der Waals surface area contributed by atoms with Crippen LogP contribution in [0.3, 0.4) is 0 Å². The van der Waals surface area contributed by atoms with Gasteiger partial charge < -0.3 is 4.90 Å². The summed E-state index contributed by atoms with van der Waals surface area (Å²) in [6, 6.07) is 9.08. The van der Waals surface area contributed by atoms with Crippen LogP contribution < -0.4 is 4.72 Å². The Morgan fingerprint density at radius 3 is 2.42 bits per heavy atom. The maximum atomic E-state index is 13.3. The Morgan fingerprint density at radius 2 is 1.81 bits per heavy atom. The molecule has 31 heavy (non-hydrogen) atoms. The number of likely N-dealkylation sites (N-methyl/N-ethyl adjacent to an activating group) is 1. The molecule has 1 N–H and O–H groups in total. The molecule has 0 bridgehead atoms. The summed E-state index contributed by atoms with van der Waals surface area (Å²) in [7, 11) is -0.484. The summed E-state index contributed by atoms with van der Waals surface area (Å²) in [6.45, 7) is 5.44. The van der Waals surface area contributed by atoms with Crippen LogP contribution in [0.15, 0.2) is 36.5 Å². The third-order valence-corrected chi connectivity index (χ3v) is 7.81. The Morgan fingerprint density at radius 1 is 1.13 bits per heavy atom. The van der Waals surface area contributed by atoms with Crippen molar-refractivity contribution >= 4 is 16.1 Å². The molecule has 9 nitrogen and oxygen atoms in total. The predicted octanol–water partition coefficient (Wildman–Crippen LogP) is 0.653. The van der Waals surface area contributed by atoms with Gasteiger partial charge in [-0.1, -0.05) is 30.3 Å². The Hall–Kier alpha value is -2.27. The Bertz CT molecular complexity index is 1030. The molecule has 1 amide bonds. The van der Waals surface area contributed by atoms with Crippen LogP contribution in [0.25, 0.3) is 0 Å². The van der Waals surface area contributed by atoms with E-state index >= 15 is 0 Å². The summed E-state index contributed by atoms with van der Waals surface area (Å²) >= 11 is 0. The van der Waals surface area contributed by atoms with Crippen LogP contribution in [0.2, 0.25) is 0 Å². The van der Waals surface area contributed by atoms with Gasteiger partial charge in [0.2, 0.25) is 5.91 Å². The van der Waals surface area contributed by atoms with Gasteiger partial charge in [-0.15, -0.1) is 0 Å². The maximum absolute atomic E-state index is 13.3. The fourth-order valence-corrected chi connectivity index (χ4v) is 5.70. The van der Waals surface area contributed by atoms with E-state index < -0.39 is 22.3 Å². The van der Waals surface area contributed by atoms with Crippen LogP contribution in [-0.2, 0) is 28.6 Å². The lowest BCUT2D eigenvalue weighted by atomic mass is 9.99. The van der Waals surface area contributed by atoms with Crippen molar-refractivity contribution in [1.29, 1.82) is 0 Å². The summed E-state index contributed by atoms with van der Waals surface area (Å²) in [4.78, 5) is 17.5. The van der Waals surface area contributed by atoms with Crippen LogP contribution in [0, 0.1) is 6.92 Å². The van der Waals surface area contributed by atoms with Gasteiger partial charge in [-0.25, -0.2) is 0 Å². The highest BCUT2D eigenvalue weighted by molar-refractivity contribution is 7.87. The number of benzene rings is 1. The summed E-state index contributed by atoms with van der Waals surface area (Å²) in [6.07, 6.45) is 2.20. The molecule has 10 heteroatoms. The van der Waals surface area contributed by atoms with Gasteiger partial charge in [0.1, 0.15) is 6.04 Å². The fourth-order valence-electron chi connectivity index (χ4n) is 4.44. The van der Waals surface area contributed by atoms with Gasteiger partial charge in [-0.3, -0.25) is 14.4 Å². The Kier molecular flexibility index (Phi) is 6.16. The van der Waals surface area contributed by atoms with Crippen LogP contribution in [0.1, 0.15) is 29.3 Å². The van der Waals surface area contributed by atoms with E-state index in [9.17, 15) is 13.2 Å². The van der Waals surface area contributed by atoms with E-state index in [-0.39, 0.29) is 5.91 Å². The summed E-state index contributed by atoms with van der Waals surface area (Å²) in [5, 5.41) is 4.32. The van der Waals surface area contributed by atoms with Crippen LogP contribution in [0.5, 0.6) is 0 Å². The van der Waals surface area contributed by atoms with Crippen LogP contribution >= 0.6 is 0 Å². The second-order valence-corrected chi connectivity index (χ2v) is 10.1. The van der Waals surface area contributed by atoms with Crippen molar-refractivity contribution in [2.45, 2.75) is 32.0 Å². The molecule has 0 radical (unpaired) electrons. The number of hydrogen-bond acceptors (Lipinski definition) is 5. The normalized spacial score (nSPS) is 24.9. The fraction of sp³-hybridized carbons (Fsp3) is 0.524. The summed E-state index contributed by atoms with van der Waals surface area (Å²) in [5.41, 5.74) is 2.83. The molecule has 0 spiro atoms. The molecule has 1 aromatic carbocycles. The summed E-state index contributed by atoms with van der Waals surface area (Å²) < 4.78 is 31.0.